The first-order valence-corrected chi connectivity index (χ1v) is 7.55. The van der Waals surface area contributed by atoms with E-state index in [1.165, 1.54) is 18.3 Å². The van der Waals surface area contributed by atoms with Gasteiger partial charge in [-0.2, -0.15) is 13.2 Å². The molecule has 1 aromatic heterocycles. The highest BCUT2D eigenvalue weighted by Gasteiger charge is 2.30. The van der Waals surface area contributed by atoms with Gasteiger partial charge in [-0.25, -0.2) is 0 Å². The van der Waals surface area contributed by atoms with Gasteiger partial charge >= 0.3 is 6.18 Å². The number of amides is 1. The van der Waals surface area contributed by atoms with E-state index in [1.807, 2.05) is 0 Å². The van der Waals surface area contributed by atoms with Gasteiger partial charge in [0.2, 0.25) is 0 Å². The number of hydrogen-bond acceptors (Lipinski definition) is 3. The van der Waals surface area contributed by atoms with Crippen molar-refractivity contribution in [3.05, 3.63) is 70.6 Å². The first-order valence-electron chi connectivity index (χ1n) is 7.55. The maximum atomic E-state index is 12.7. The maximum absolute atomic E-state index is 12.7. The molecule has 0 unspecified atom stereocenters. The number of aromatic nitrogens is 1. The normalized spacial score (nSPS) is 11.3. The SMILES string of the molecule is O=C(COc1cccc2c(=O)[nH]ccc12)Nc1cccc(C(F)(F)F)c1. The second kappa shape index (κ2) is 6.91. The fourth-order valence-corrected chi connectivity index (χ4v) is 2.43. The van der Waals surface area contributed by atoms with E-state index >= 15 is 0 Å². The summed E-state index contributed by atoms with van der Waals surface area (Å²) < 4.78 is 43.5. The second-order valence-electron chi connectivity index (χ2n) is 5.44. The molecule has 2 N–H and O–H groups in total. The Morgan fingerprint density at radius 3 is 2.62 bits per heavy atom. The molecule has 0 fully saturated rings. The third-order valence-electron chi connectivity index (χ3n) is 3.61. The number of carbonyl (C=O) groups excluding carboxylic acids is 1. The van der Waals surface area contributed by atoms with Crippen molar-refractivity contribution in [1.82, 2.24) is 4.98 Å². The third kappa shape index (κ3) is 3.85. The van der Waals surface area contributed by atoms with Crippen molar-refractivity contribution in [3.8, 4) is 5.75 Å². The summed E-state index contributed by atoms with van der Waals surface area (Å²) in [7, 11) is 0. The highest BCUT2D eigenvalue weighted by molar-refractivity contribution is 5.93. The summed E-state index contributed by atoms with van der Waals surface area (Å²) in [6.45, 7) is -0.415. The summed E-state index contributed by atoms with van der Waals surface area (Å²) in [6, 6.07) is 10.8. The number of nitrogens with one attached hydrogen (secondary N) is 2. The van der Waals surface area contributed by atoms with Gasteiger partial charge in [0.1, 0.15) is 5.75 Å². The minimum absolute atomic E-state index is 0.0165. The third-order valence-corrected chi connectivity index (χ3v) is 3.61. The number of rotatable bonds is 4. The zero-order chi connectivity index (χ0) is 18.7. The number of carbonyl (C=O) groups is 1. The Hall–Kier alpha value is -3.29. The van der Waals surface area contributed by atoms with E-state index in [1.54, 1.807) is 24.3 Å². The fourth-order valence-electron chi connectivity index (χ4n) is 2.43. The zero-order valence-corrected chi connectivity index (χ0v) is 13.3. The lowest BCUT2D eigenvalue weighted by molar-refractivity contribution is -0.137. The predicted octanol–water partition coefficient (Wildman–Crippen LogP) is 3.56. The summed E-state index contributed by atoms with van der Waals surface area (Å²) in [6.07, 6.45) is -3.03. The molecule has 0 saturated carbocycles. The predicted molar refractivity (Wildman–Crippen MR) is 90.1 cm³/mol. The van der Waals surface area contributed by atoms with Crippen LogP contribution in [0.1, 0.15) is 5.56 Å². The summed E-state index contributed by atoms with van der Waals surface area (Å²) in [5.74, 6) is -0.293. The monoisotopic (exact) mass is 362 g/mol. The average Bonchev–Trinajstić information content (AvgIpc) is 2.60. The molecule has 0 atom stereocenters. The van der Waals surface area contributed by atoms with Crippen LogP contribution in [0, 0.1) is 0 Å². The van der Waals surface area contributed by atoms with Crippen molar-refractivity contribution < 1.29 is 22.7 Å². The van der Waals surface area contributed by atoms with Crippen LogP contribution in [-0.2, 0) is 11.0 Å². The van der Waals surface area contributed by atoms with E-state index in [2.05, 4.69) is 10.3 Å². The topological polar surface area (TPSA) is 71.2 Å². The Morgan fingerprint density at radius 2 is 1.85 bits per heavy atom. The van der Waals surface area contributed by atoms with Crippen LogP contribution >= 0.6 is 0 Å². The number of benzene rings is 2. The zero-order valence-electron chi connectivity index (χ0n) is 13.3. The summed E-state index contributed by atoms with van der Waals surface area (Å²) >= 11 is 0. The van der Waals surface area contributed by atoms with Gasteiger partial charge in [-0.05, 0) is 36.4 Å². The molecule has 0 aliphatic rings. The first kappa shape index (κ1) is 17.5. The molecule has 5 nitrogen and oxygen atoms in total. The molecule has 0 radical (unpaired) electrons. The van der Waals surface area contributed by atoms with Crippen molar-refractivity contribution in [2.75, 3.05) is 11.9 Å². The lowest BCUT2D eigenvalue weighted by Crippen LogP contribution is -2.20. The van der Waals surface area contributed by atoms with Crippen LogP contribution in [0.4, 0.5) is 18.9 Å². The molecule has 2 aromatic carbocycles. The molecule has 0 bridgehead atoms. The van der Waals surface area contributed by atoms with Gasteiger partial charge in [-0.1, -0.05) is 12.1 Å². The van der Waals surface area contributed by atoms with Crippen LogP contribution < -0.4 is 15.6 Å². The summed E-state index contributed by atoms with van der Waals surface area (Å²) in [5.41, 5.74) is -1.13. The number of pyridine rings is 1. The van der Waals surface area contributed by atoms with E-state index < -0.39 is 24.3 Å². The van der Waals surface area contributed by atoms with Crippen LogP contribution in [0.2, 0.25) is 0 Å². The lowest BCUT2D eigenvalue weighted by atomic mass is 10.1. The molecule has 0 aliphatic heterocycles. The molecule has 8 heteroatoms. The van der Waals surface area contributed by atoms with Crippen molar-refractivity contribution >= 4 is 22.4 Å². The molecule has 26 heavy (non-hydrogen) atoms. The molecule has 1 heterocycles. The van der Waals surface area contributed by atoms with E-state index in [0.717, 1.165) is 12.1 Å². The number of hydrogen-bond donors (Lipinski definition) is 2. The quantitative estimate of drug-likeness (QED) is 0.745. The Bertz CT molecular complexity index is 1010. The van der Waals surface area contributed by atoms with E-state index in [-0.39, 0.29) is 11.2 Å². The lowest BCUT2D eigenvalue weighted by Gasteiger charge is -2.11. The number of H-pyrrole nitrogens is 1. The van der Waals surface area contributed by atoms with Gasteiger partial charge in [-0.3, -0.25) is 9.59 Å². The van der Waals surface area contributed by atoms with Crippen LogP contribution in [-0.4, -0.2) is 17.5 Å². The molecule has 134 valence electrons. The molecule has 3 aromatic rings. The molecule has 1 amide bonds. The minimum Gasteiger partial charge on any atom is -0.483 e. The Morgan fingerprint density at radius 1 is 1.08 bits per heavy atom. The van der Waals surface area contributed by atoms with E-state index in [4.69, 9.17) is 4.74 Å². The average molecular weight is 362 g/mol. The van der Waals surface area contributed by atoms with Crippen molar-refractivity contribution in [2.45, 2.75) is 6.18 Å². The molecule has 0 saturated heterocycles. The molecular weight excluding hydrogens is 349 g/mol. The van der Waals surface area contributed by atoms with E-state index in [9.17, 15) is 22.8 Å². The number of ether oxygens (including phenoxy) is 1. The van der Waals surface area contributed by atoms with Crippen molar-refractivity contribution in [1.29, 1.82) is 0 Å². The summed E-state index contributed by atoms with van der Waals surface area (Å²) in [5, 5.41) is 3.29. The molecule has 0 spiro atoms. The standard InChI is InChI=1S/C18H13F3N2O3/c19-18(20,21)11-3-1-4-12(9-11)23-16(24)10-26-15-6-2-5-14-13(15)7-8-22-17(14)25/h1-9H,10H2,(H,22,25)(H,23,24). The molecule has 0 aliphatic carbocycles. The second-order valence-corrected chi connectivity index (χ2v) is 5.44. The van der Waals surface area contributed by atoms with Gasteiger partial charge in [0.15, 0.2) is 6.61 Å². The fraction of sp³-hybridized carbons (Fsp3) is 0.111. The first-order chi connectivity index (χ1) is 12.3. The Balaban J connectivity index is 1.71. The number of aromatic amines is 1. The van der Waals surface area contributed by atoms with Crippen molar-refractivity contribution in [2.24, 2.45) is 0 Å². The Labute approximate surface area is 145 Å². The van der Waals surface area contributed by atoms with Crippen LogP contribution in [0.3, 0.4) is 0 Å². The van der Waals surface area contributed by atoms with Gasteiger partial charge in [0, 0.05) is 17.3 Å². The smallest absolute Gasteiger partial charge is 0.416 e. The molecule has 3 rings (SSSR count). The van der Waals surface area contributed by atoms with Gasteiger partial charge in [0.05, 0.1) is 10.9 Å². The van der Waals surface area contributed by atoms with Crippen molar-refractivity contribution in [3.63, 3.8) is 0 Å². The van der Waals surface area contributed by atoms with Crippen LogP contribution in [0.15, 0.2) is 59.5 Å². The van der Waals surface area contributed by atoms with Gasteiger partial charge < -0.3 is 15.0 Å². The minimum atomic E-state index is -4.49. The number of anilines is 1. The Kier molecular flexibility index (Phi) is 4.66. The largest absolute Gasteiger partial charge is 0.483 e. The van der Waals surface area contributed by atoms with Gasteiger partial charge in [0.25, 0.3) is 11.5 Å². The van der Waals surface area contributed by atoms with E-state index in [0.29, 0.717) is 16.5 Å². The number of halogens is 3. The van der Waals surface area contributed by atoms with Crippen LogP contribution in [0.5, 0.6) is 5.75 Å². The maximum Gasteiger partial charge on any atom is 0.416 e. The molecular formula is C18H13F3N2O3. The highest BCUT2D eigenvalue weighted by atomic mass is 19.4. The summed E-state index contributed by atoms with van der Waals surface area (Å²) in [4.78, 5) is 26.2. The highest BCUT2D eigenvalue weighted by Crippen LogP contribution is 2.30. The number of fused-ring (bicyclic) bond motifs is 1. The number of alkyl halides is 3. The van der Waals surface area contributed by atoms with Gasteiger partial charge in [-0.15, -0.1) is 0 Å². The van der Waals surface area contributed by atoms with Crippen LogP contribution in [0.25, 0.3) is 10.8 Å².